The van der Waals surface area contributed by atoms with E-state index in [4.69, 9.17) is 5.73 Å². The lowest BCUT2D eigenvalue weighted by Crippen LogP contribution is -2.34. The lowest BCUT2D eigenvalue weighted by Gasteiger charge is -2.14. The van der Waals surface area contributed by atoms with Crippen LogP contribution in [0.5, 0.6) is 0 Å². The maximum absolute atomic E-state index is 11.8. The second kappa shape index (κ2) is 4.40. The van der Waals surface area contributed by atoms with Gasteiger partial charge in [0.05, 0.1) is 5.92 Å². The van der Waals surface area contributed by atoms with Gasteiger partial charge in [0.25, 0.3) is 0 Å². The molecule has 80 valence electrons. The van der Waals surface area contributed by atoms with Crippen molar-refractivity contribution in [2.24, 2.45) is 11.7 Å². The van der Waals surface area contributed by atoms with Crippen LogP contribution in [0.15, 0.2) is 24.4 Å². The molecular formula is C11H15N3O. The third-order valence-corrected chi connectivity index (χ3v) is 2.82. The molecule has 1 fully saturated rings. The summed E-state index contributed by atoms with van der Waals surface area (Å²) < 4.78 is 0. The van der Waals surface area contributed by atoms with E-state index in [1.807, 2.05) is 12.1 Å². The van der Waals surface area contributed by atoms with Gasteiger partial charge in [-0.2, -0.15) is 0 Å². The molecule has 1 heterocycles. The number of amides is 1. The van der Waals surface area contributed by atoms with E-state index >= 15 is 0 Å². The average Bonchev–Trinajstić information content (AvgIpc) is 2.66. The Balaban J connectivity index is 1.98. The number of hydrogen-bond acceptors (Lipinski definition) is 3. The lowest BCUT2D eigenvalue weighted by atomic mass is 10.0. The minimum absolute atomic E-state index is 0.00120. The van der Waals surface area contributed by atoms with Crippen LogP contribution in [0.3, 0.4) is 0 Å². The molecule has 0 spiro atoms. The van der Waals surface area contributed by atoms with E-state index in [1.54, 1.807) is 12.3 Å². The number of pyridine rings is 1. The van der Waals surface area contributed by atoms with Crippen LogP contribution in [-0.4, -0.2) is 16.9 Å². The molecule has 0 saturated heterocycles. The maximum Gasteiger partial charge on any atom is 0.230 e. The van der Waals surface area contributed by atoms with Crippen molar-refractivity contribution in [3.8, 4) is 0 Å². The van der Waals surface area contributed by atoms with E-state index in [0.29, 0.717) is 5.82 Å². The van der Waals surface area contributed by atoms with Gasteiger partial charge >= 0.3 is 0 Å². The first-order valence-corrected chi connectivity index (χ1v) is 5.25. The van der Waals surface area contributed by atoms with Crippen LogP contribution in [0.25, 0.3) is 0 Å². The molecule has 3 N–H and O–H groups in total. The second-order valence-corrected chi connectivity index (χ2v) is 3.91. The van der Waals surface area contributed by atoms with Crippen LogP contribution < -0.4 is 11.1 Å². The maximum atomic E-state index is 11.8. The normalized spacial score (nSPS) is 25.1. The molecule has 0 aromatic carbocycles. The fraction of sp³-hybridized carbons (Fsp3) is 0.455. The van der Waals surface area contributed by atoms with E-state index in [0.717, 1.165) is 19.3 Å². The smallest absolute Gasteiger partial charge is 0.230 e. The molecule has 15 heavy (non-hydrogen) atoms. The Hall–Kier alpha value is -1.42. The van der Waals surface area contributed by atoms with Crippen LogP contribution in [0, 0.1) is 5.92 Å². The van der Waals surface area contributed by atoms with E-state index in [1.165, 1.54) is 0 Å². The standard InChI is InChI=1S/C11H15N3O/c12-9-5-3-4-8(9)11(15)14-10-6-1-2-7-13-10/h1-2,6-9H,3-5,12H2,(H,13,14,15). The van der Waals surface area contributed by atoms with Crippen LogP contribution in [0.1, 0.15) is 19.3 Å². The molecular weight excluding hydrogens is 190 g/mol. The van der Waals surface area contributed by atoms with Crippen molar-refractivity contribution in [1.29, 1.82) is 0 Å². The highest BCUT2D eigenvalue weighted by atomic mass is 16.2. The van der Waals surface area contributed by atoms with Crippen molar-refractivity contribution in [3.05, 3.63) is 24.4 Å². The summed E-state index contributed by atoms with van der Waals surface area (Å²) in [6.07, 6.45) is 4.53. The molecule has 1 aromatic heterocycles. The third kappa shape index (κ3) is 2.33. The molecule has 4 nitrogen and oxygen atoms in total. The van der Waals surface area contributed by atoms with Gasteiger partial charge in [-0.05, 0) is 25.0 Å². The van der Waals surface area contributed by atoms with Crippen LogP contribution in [0.2, 0.25) is 0 Å². The Labute approximate surface area is 88.9 Å². The molecule has 4 heteroatoms. The molecule has 1 aliphatic rings. The van der Waals surface area contributed by atoms with Gasteiger partial charge in [-0.1, -0.05) is 12.5 Å². The molecule has 2 unspecified atom stereocenters. The average molecular weight is 205 g/mol. The topological polar surface area (TPSA) is 68.0 Å². The zero-order chi connectivity index (χ0) is 10.7. The number of hydrogen-bond donors (Lipinski definition) is 2. The summed E-state index contributed by atoms with van der Waals surface area (Å²) >= 11 is 0. The summed E-state index contributed by atoms with van der Waals surface area (Å²) in [5, 5.41) is 2.78. The third-order valence-electron chi connectivity index (χ3n) is 2.82. The zero-order valence-electron chi connectivity index (χ0n) is 8.52. The predicted octanol–water partition coefficient (Wildman–Crippen LogP) is 1.15. The Bertz CT molecular complexity index is 339. The highest BCUT2D eigenvalue weighted by Crippen LogP contribution is 2.24. The van der Waals surface area contributed by atoms with Crippen LogP contribution >= 0.6 is 0 Å². The molecule has 2 atom stereocenters. The van der Waals surface area contributed by atoms with Gasteiger partial charge in [0.15, 0.2) is 0 Å². The fourth-order valence-corrected chi connectivity index (χ4v) is 1.97. The van der Waals surface area contributed by atoms with E-state index in [-0.39, 0.29) is 17.9 Å². The monoisotopic (exact) mass is 205 g/mol. The molecule has 0 bridgehead atoms. The van der Waals surface area contributed by atoms with Crippen molar-refractivity contribution in [3.63, 3.8) is 0 Å². The van der Waals surface area contributed by atoms with Gasteiger partial charge in [0.1, 0.15) is 5.82 Å². The first-order valence-electron chi connectivity index (χ1n) is 5.25. The Morgan fingerprint density at radius 3 is 2.93 bits per heavy atom. The summed E-state index contributed by atoms with van der Waals surface area (Å²) in [7, 11) is 0. The molecule has 0 aliphatic heterocycles. The van der Waals surface area contributed by atoms with Gasteiger partial charge in [-0.25, -0.2) is 4.98 Å². The first kappa shape index (κ1) is 10.1. The minimum Gasteiger partial charge on any atom is -0.327 e. The summed E-state index contributed by atoms with van der Waals surface area (Å²) in [4.78, 5) is 15.8. The summed E-state index contributed by atoms with van der Waals surface area (Å²) in [6, 6.07) is 5.45. The fourth-order valence-electron chi connectivity index (χ4n) is 1.97. The number of carbonyl (C=O) groups excluding carboxylic acids is 1. The highest BCUT2D eigenvalue weighted by Gasteiger charge is 2.30. The molecule has 1 aromatic rings. The Morgan fingerprint density at radius 1 is 1.47 bits per heavy atom. The summed E-state index contributed by atoms with van der Waals surface area (Å²) in [6.45, 7) is 0. The number of aromatic nitrogens is 1. The van der Waals surface area contributed by atoms with E-state index < -0.39 is 0 Å². The van der Waals surface area contributed by atoms with Crippen molar-refractivity contribution in [2.75, 3.05) is 5.32 Å². The summed E-state index contributed by atoms with van der Waals surface area (Å²) in [5.41, 5.74) is 5.85. The molecule has 2 rings (SSSR count). The minimum atomic E-state index is -0.0491. The number of carbonyl (C=O) groups is 1. The van der Waals surface area contributed by atoms with Gasteiger partial charge in [0, 0.05) is 12.2 Å². The number of anilines is 1. The van der Waals surface area contributed by atoms with Crippen LogP contribution in [0.4, 0.5) is 5.82 Å². The molecule has 1 amide bonds. The number of nitrogens with one attached hydrogen (secondary N) is 1. The SMILES string of the molecule is NC1CCCC1C(=O)Nc1ccccn1. The molecule has 0 radical (unpaired) electrons. The first-order chi connectivity index (χ1) is 7.27. The van der Waals surface area contributed by atoms with Gasteiger partial charge < -0.3 is 11.1 Å². The predicted molar refractivity (Wildman–Crippen MR) is 58.2 cm³/mol. The highest BCUT2D eigenvalue weighted by molar-refractivity contribution is 5.92. The molecule has 1 aliphatic carbocycles. The zero-order valence-corrected chi connectivity index (χ0v) is 8.52. The summed E-state index contributed by atoms with van der Waals surface area (Å²) in [5.74, 6) is 0.548. The second-order valence-electron chi connectivity index (χ2n) is 3.91. The number of rotatable bonds is 2. The quantitative estimate of drug-likeness (QED) is 0.761. The Morgan fingerprint density at radius 2 is 2.33 bits per heavy atom. The number of nitrogens with zero attached hydrogens (tertiary/aromatic N) is 1. The van der Waals surface area contributed by atoms with Gasteiger partial charge in [-0.15, -0.1) is 0 Å². The van der Waals surface area contributed by atoms with E-state index in [2.05, 4.69) is 10.3 Å². The van der Waals surface area contributed by atoms with Crippen molar-refractivity contribution in [2.45, 2.75) is 25.3 Å². The van der Waals surface area contributed by atoms with Crippen molar-refractivity contribution >= 4 is 11.7 Å². The largest absolute Gasteiger partial charge is 0.327 e. The van der Waals surface area contributed by atoms with Crippen molar-refractivity contribution < 1.29 is 4.79 Å². The molecule has 1 saturated carbocycles. The lowest BCUT2D eigenvalue weighted by molar-refractivity contribution is -0.120. The van der Waals surface area contributed by atoms with Gasteiger partial charge in [0.2, 0.25) is 5.91 Å². The van der Waals surface area contributed by atoms with Gasteiger partial charge in [-0.3, -0.25) is 4.79 Å². The van der Waals surface area contributed by atoms with Crippen LogP contribution in [-0.2, 0) is 4.79 Å². The number of nitrogens with two attached hydrogens (primary N) is 1. The van der Waals surface area contributed by atoms with Crippen molar-refractivity contribution in [1.82, 2.24) is 4.98 Å². The Kier molecular flexibility index (Phi) is 2.97. The van der Waals surface area contributed by atoms with E-state index in [9.17, 15) is 4.79 Å².